The molecular weight excluding hydrogens is 697 g/mol. The van der Waals surface area contributed by atoms with E-state index >= 15 is 4.39 Å². The minimum Gasteiger partial charge on any atom is -0.349 e. The van der Waals surface area contributed by atoms with Gasteiger partial charge >= 0.3 is 0 Å². The van der Waals surface area contributed by atoms with Gasteiger partial charge in [0.1, 0.15) is 29.6 Å². The summed E-state index contributed by atoms with van der Waals surface area (Å²) in [5.74, 6) is 1.06. The van der Waals surface area contributed by atoms with Crippen molar-refractivity contribution in [3.8, 4) is 5.69 Å². The maximum Gasteiger partial charge on any atom is 0.242 e. The quantitative estimate of drug-likeness (QED) is 0.0587. The number of aromatic nitrogens is 6. The highest BCUT2D eigenvalue weighted by atomic mass is 19.3. The van der Waals surface area contributed by atoms with Crippen molar-refractivity contribution < 1.29 is 17.6 Å². The second kappa shape index (κ2) is 16.8. The lowest BCUT2D eigenvalue weighted by molar-refractivity contribution is 0.149. The molecule has 2 aromatic carbocycles. The maximum atomic E-state index is 15.1. The minimum absolute atomic E-state index is 0.0428. The minimum atomic E-state index is -2.66. The first-order valence-corrected chi connectivity index (χ1v) is 18.1. The van der Waals surface area contributed by atoms with E-state index in [0.717, 1.165) is 49.8 Å². The number of imidazole rings is 1. The zero-order valence-electron chi connectivity index (χ0n) is 31.1. The highest BCUT2D eigenvalue weighted by molar-refractivity contribution is 6.15. The van der Waals surface area contributed by atoms with Gasteiger partial charge in [0.15, 0.2) is 5.65 Å². The predicted octanol–water partition coefficient (Wildman–Crippen LogP) is 7.62. The Bertz CT molecular complexity index is 2190. The molecule has 0 saturated carbocycles. The first-order chi connectivity index (χ1) is 26.0. The van der Waals surface area contributed by atoms with Crippen molar-refractivity contribution in [2.75, 3.05) is 38.6 Å². The summed E-state index contributed by atoms with van der Waals surface area (Å²) in [7, 11) is 4.13. The molecule has 4 heterocycles. The van der Waals surface area contributed by atoms with Crippen molar-refractivity contribution in [2.24, 2.45) is 21.8 Å². The van der Waals surface area contributed by atoms with Crippen LogP contribution in [-0.4, -0.2) is 92.8 Å². The van der Waals surface area contributed by atoms with Crippen molar-refractivity contribution in [2.45, 2.75) is 58.5 Å². The number of nitrogens with zero attached hydrogens (tertiary/aromatic N) is 10. The van der Waals surface area contributed by atoms with Crippen LogP contribution in [0, 0.1) is 30.4 Å². The van der Waals surface area contributed by atoms with Gasteiger partial charge in [0.25, 0.3) is 0 Å². The summed E-state index contributed by atoms with van der Waals surface area (Å²) in [6.45, 7) is 14.6. The molecule has 0 radical (unpaired) electrons. The monoisotopic (exact) mass is 742 g/mol. The fourth-order valence-electron chi connectivity index (χ4n) is 7.54. The van der Waals surface area contributed by atoms with Crippen LogP contribution in [0.1, 0.15) is 43.1 Å². The molecule has 1 fully saturated rings. The van der Waals surface area contributed by atoms with E-state index < -0.39 is 18.7 Å². The molecule has 5 aromatic rings. The van der Waals surface area contributed by atoms with Gasteiger partial charge in [-0.25, -0.2) is 37.2 Å². The van der Waals surface area contributed by atoms with Gasteiger partial charge in [-0.1, -0.05) is 19.4 Å². The number of aliphatic imine (C=N–C) groups is 2. The normalized spacial score (nSPS) is 17.2. The molecule has 14 heteroatoms. The van der Waals surface area contributed by atoms with Gasteiger partial charge < -0.3 is 14.4 Å². The number of aryl methyl sites for hydroxylation is 1. The van der Waals surface area contributed by atoms with Crippen LogP contribution in [0.2, 0.25) is 0 Å². The van der Waals surface area contributed by atoms with Crippen molar-refractivity contribution in [1.29, 1.82) is 0 Å². The molecule has 10 nitrogen and oxygen atoms in total. The third-order valence-electron chi connectivity index (χ3n) is 10.0. The Morgan fingerprint density at radius 1 is 1.13 bits per heavy atom. The Morgan fingerprint density at radius 2 is 1.94 bits per heavy atom. The summed E-state index contributed by atoms with van der Waals surface area (Å²) in [6, 6.07) is 6.71. The predicted molar refractivity (Wildman–Crippen MR) is 207 cm³/mol. The Kier molecular flexibility index (Phi) is 12.0. The molecule has 2 unspecified atom stereocenters. The van der Waals surface area contributed by atoms with Crippen molar-refractivity contribution in [1.82, 2.24) is 34.2 Å². The topological polar surface area (TPSA) is 92.6 Å². The fraction of sp³-hybridized carbons (Fsp3) is 0.400. The molecule has 1 saturated heterocycles. The van der Waals surface area contributed by atoms with Crippen LogP contribution in [0.3, 0.4) is 0 Å². The lowest BCUT2D eigenvalue weighted by Crippen LogP contribution is -2.28. The molecule has 6 rings (SSSR count). The van der Waals surface area contributed by atoms with E-state index in [1.807, 2.05) is 13.0 Å². The molecule has 3 atom stereocenters. The standard InChI is InChI=1S/C40H46F4N10/c1-7-26(21-51(5)6)22-52-25(3)50-35-19-30(42)18-32(38(35)52)34(12-13-45-4)46-14-11-27-15-31(8-2)53(23-27)39-33-20-49-54(40(33)48-24-47-39)36-10-9-29(41)16-28(36)17-37(43)44/h8-10,12-13,16,18-20,24,26-27,31,37H,2,4,7,11,14-15,17,21-23H2,1,3,5-6H3/b13-12-,46-34?/t26?,27?,31-/m1/s1. The number of hydrogen-bond acceptors (Lipinski definition) is 8. The summed E-state index contributed by atoms with van der Waals surface area (Å²) >= 11 is 0. The Labute approximate surface area is 312 Å². The van der Waals surface area contributed by atoms with Gasteiger partial charge in [-0.3, -0.25) is 9.98 Å². The average molecular weight is 743 g/mol. The highest BCUT2D eigenvalue weighted by Crippen LogP contribution is 2.35. The number of allylic oxidation sites excluding steroid dienone is 1. The Hall–Kier alpha value is -5.24. The largest absolute Gasteiger partial charge is 0.349 e. The molecule has 284 valence electrons. The maximum absolute atomic E-state index is 15.1. The summed E-state index contributed by atoms with van der Waals surface area (Å²) in [5, 5.41) is 5.12. The van der Waals surface area contributed by atoms with Crippen molar-refractivity contribution in [3.05, 3.63) is 96.4 Å². The number of halogens is 4. The van der Waals surface area contributed by atoms with E-state index in [-0.39, 0.29) is 23.3 Å². The number of fused-ring (bicyclic) bond motifs is 2. The van der Waals surface area contributed by atoms with Crippen molar-refractivity contribution in [3.63, 3.8) is 0 Å². The lowest BCUT2D eigenvalue weighted by atomic mass is 10.0. The first-order valence-electron chi connectivity index (χ1n) is 18.1. The van der Waals surface area contributed by atoms with Gasteiger partial charge in [0, 0.05) is 56.5 Å². The van der Waals surface area contributed by atoms with Gasteiger partial charge in [0.2, 0.25) is 6.43 Å². The molecule has 0 N–H and O–H groups in total. The van der Waals surface area contributed by atoms with E-state index in [9.17, 15) is 13.2 Å². The Morgan fingerprint density at radius 3 is 2.67 bits per heavy atom. The Balaban J connectivity index is 1.27. The molecule has 54 heavy (non-hydrogen) atoms. The van der Waals surface area contributed by atoms with Crippen LogP contribution in [0.25, 0.3) is 27.8 Å². The fourth-order valence-corrected chi connectivity index (χ4v) is 7.54. The lowest BCUT2D eigenvalue weighted by Gasteiger charge is -2.23. The SMILES string of the molecule is C=C[C@@H]1CC(CCN=C(/C=C\N=C)c2cc(F)cc3nc(C)n(CC(CC)CN(C)C)c23)CN1c1ncnc2c1cnn2-c1ccc(F)cc1CC(F)F. The average Bonchev–Trinajstić information content (AvgIpc) is 3.83. The number of hydrogen-bond donors (Lipinski definition) is 0. The first kappa shape index (κ1) is 38.5. The zero-order chi connectivity index (χ0) is 38.5. The number of alkyl halides is 2. The highest BCUT2D eigenvalue weighted by Gasteiger charge is 2.33. The van der Waals surface area contributed by atoms with E-state index in [1.54, 1.807) is 18.5 Å². The van der Waals surface area contributed by atoms with E-state index in [2.05, 4.69) is 68.7 Å². The smallest absolute Gasteiger partial charge is 0.242 e. The molecule has 3 aromatic heterocycles. The number of benzene rings is 2. The molecular formula is C40H46F4N10. The van der Waals surface area contributed by atoms with Crippen LogP contribution < -0.4 is 4.90 Å². The van der Waals surface area contributed by atoms with Crippen LogP contribution in [-0.2, 0) is 13.0 Å². The van der Waals surface area contributed by atoms with E-state index in [0.29, 0.717) is 58.3 Å². The van der Waals surface area contributed by atoms with E-state index in [1.165, 1.54) is 35.3 Å². The molecule has 0 bridgehead atoms. The van der Waals surface area contributed by atoms with Crippen LogP contribution in [0.4, 0.5) is 23.4 Å². The van der Waals surface area contributed by atoms with Crippen LogP contribution in [0.15, 0.2) is 77.8 Å². The molecule has 0 aliphatic carbocycles. The second-order valence-electron chi connectivity index (χ2n) is 14.1. The number of anilines is 1. The molecule has 1 aliphatic rings. The van der Waals surface area contributed by atoms with Gasteiger partial charge in [-0.15, -0.1) is 6.58 Å². The zero-order valence-corrected chi connectivity index (χ0v) is 31.1. The second-order valence-corrected chi connectivity index (χ2v) is 14.1. The number of rotatable bonds is 16. The summed E-state index contributed by atoms with van der Waals surface area (Å²) in [5.41, 5.74) is 3.56. The third-order valence-corrected chi connectivity index (χ3v) is 10.0. The van der Waals surface area contributed by atoms with Gasteiger partial charge in [-0.2, -0.15) is 5.10 Å². The van der Waals surface area contributed by atoms with Crippen LogP contribution >= 0.6 is 0 Å². The molecule has 0 amide bonds. The van der Waals surface area contributed by atoms with Gasteiger partial charge in [-0.05, 0) is 88.3 Å². The molecule has 1 aliphatic heterocycles. The summed E-state index contributed by atoms with van der Waals surface area (Å²) in [4.78, 5) is 27.1. The van der Waals surface area contributed by atoms with E-state index in [4.69, 9.17) is 9.98 Å². The van der Waals surface area contributed by atoms with Gasteiger partial charge in [0.05, 0.1) is 34.0 Å². The molecule has 0 spiro atoms. The third kappa shape index (κ3) is 8.28. The summed E-state index contributed by atoms with van der Waals surface area (Å²) < 4.78 is 59.6. The van der Waals surface area contributed by atoms with Crippen LogP contribution in [0.5, 0.6) is 0 Å². The van der Waals surface area contributed by atoms with Crippen molar-refractivity contribution >= 4 is 40.3 Å². The summed E-state index contributed by atoms with van der Waals surface area (Å²) in [6.07, 6.45) is 7.50.